The summed E-state index contributed by atoms with van der Waals surface area (Å²) < 4.78 is 5.53. The number of ether oxygens (including phenoxy) is 1. The number of methoxy groups -OCH3 is 1. The number of para-hydroxylation sites is 1. The number of nitrogens with one attached hydrogen (secondary N) is 1. The average molecular weight is 522 g/mol. The van der Waals surface area contributed by atoms with Gasteiger partial charge in [0.05, 0.1) is 7.11 Å². The molecule has 1 saturated heterocycles. The molecule has 3 N–H and O–H groups in total. The van der Waals surface area contributed by atoms with E-state index < -0.39 is 23.8 Å². The van der Waals surface area contributed by atoms with Crippen molar-refractivity contribution in [3.05, 3.63) is 54.1 Å². The maximum atomic E-state index is 13.6. The summed E-state index contributed by atoms with van der Waals surface area (Å²) in [6.45, 7) is 7.14. The van der Waals surface area contributed by atoms with Crippen molar-refractivity contribution in [2.75, 3.05) is 13.7 Å². The van der Waals surface area contributed by atoms with Gasteiger partial charge in [-0.15, -0.1) is 0 Å². The molecule has 1 unspecified atom stereocenters. The predicted octanol–water partition coefficient (Wildman–Crippen LogP) is 4.92. The standard InChI is InChI=1S/C31H43N3O4/c1-5-11-25(29(32)35)26(18-21(2)3)30(36)33-27-15-8-9-17-34(31(27)37)20-22-12-10-13-23(19-22)24-14-6-7-16-28(24)38-4/h6-7,10,12-14,16,19,21,25-27H,5,8-9,11,15,17-18,20H2,1-4H3,(H2,32,35)(H,33,36)/t25-,26-,27?/m0/s1. The smallest absolute Gasteiger partial charge is 0.245 e. The number of benzene rings is 2. The number of primary amides is 1. The Bertz CT molecular complexity index is 1100. The van der Waals surface area contributed by atoms with Crippen molar-refractivity contribution < 1.29 is 19.1 Å². The fourth-order valence-corrected chi connectivity index (χ4v) is 5.43. The van der Waals surface area contributed by atoms with Crippen LogP contribution >= 0.6 is 0 Å². The first kappa shape index (κ1) is 29.2. The molecule has 0 bridgehead atoms. The molecule has 1 fully saturated rings. The summed E-state index contributed by atoms with van der Waals surface area (Å²) in [6.07, 6.45) is 4.19. The van der Waals surface area contributed by atoms with Gasteiger partial charge in [-0.05, 0) is 61.3 Å². The molecule has 0 saturated carbocycles. The molecule has 7 heteroatoms. The molecule has 1 heterocycles. The highest BCUT2D eigenvalue weighted by Crippen LogP contribution is 2.31. The van der Waals surface area contributed by atoms with Crippen molar-refractivity contribution in [3.63, 3.8) is 0 Å². The van der Waals surface area contributed by atoms with Crippen molar-refractivity contribution in [1.29, 1.82) is 0 Å². The van der Waals surface area contributed by atoms with Crippen LogP contribution in [0.3, 0.4) is 0 Å². The molecule has 7 nitrogen and oxygen atoms in total. The van der Waals surface area contributed by atoms with Crippen LogP contribution in [0.4, 0.5) is 0 Å². The van der Waals surface area contributed by atoms with Crippen LogP contribution in [-0.4, -0.2) is 42.3 Å². The zero-order chi connectivity index (χ0) is 27.7. The van der Waals surface area contributed by atoms with E-state index in [1.54, 1.807) is 7.11 Å². The molecule has 38 heavy (non-hydrogen) atoms. The number of nitrogens with zero attached hydrogens (tertiary/aromatic N) is 1. The van der Waals surface area contributed by atoms with Crippen LogP contribution in [0.1, 0.15) is 64.9 Å². The Hall–Kier alpha value is -3.35. The quantitative estimate of drug-likeness (QED) is 0.414. The van der Waals surface area contributed by atoms with Crippen LogP contribution in [0.15, 0.2) is 48.5 Å². The van der Waals surface area contributed by atoms with E-state index in [0.29, 0.717) is 32.4 Å². The second-order valence-electron chi connectivity index (χ2n) is 10.8. The van der Waals surface area contributed by atoms with E-state index >= 15 is 0 Å². The van der Waals surface area contributed by atoms with Gasteiger partial charge in [-0.1, -0.05) is 63.6 Å². The van der Waals surface area contributed by atoms with E-state index in [4.69, 9.17) is 10.5 Å². The Morgan fingerprint density at radius 2 is 1.87 bits per heavy atom. The minimum atomic E-state index is -0.604. The molecule has 1 aliphatic heterocycles. The van der Waals surface area contributed by atoms with E-state index in [2.05, 4.69) is 11.4 Å². The van der Waals surface area contributed by atoms with Gasteiger partial charge in [0.2, 0.25) is 17.7 Å². The Kier molecular flexibility index (Phi) is 10.7. The van der Waals surface area contributed by atoms with Gasteiger partial charge in [-0.25, -0.2) is 0 Å². The first-order valence-corrected chi connectivity index (χ1v) is 13.9. The van der Waals surface area contributed by atoms with Crippen LogP contribution in [0.2, 0.25) is 0 Å². The Morgan fingerprint density at radius 1 is 1.11 bits per heavy atom. The van der Waals surface area contributed by atoms with E-state index in [-0.39, 0.29) is 17.7 Å². The second-order valence-corrected chi connectivity index (χ2v) is 10.8. The number of carbonyl (C=O) groups is 3. The number of nitrogens with two attached hydrogens (primary N) is 1. The van der Waals surface area contributed by atoms with E-state index in [1.807, 2.05) is 68.1 Å². The monoisotopic (exact) mass is 521 g/mol. The summed E-state index contributed by atoms with van der Waals surface area (Å²) in [4.78, 5) is 41.1. The molecule has 2 aromatic carbocycles. The summed E-state index contributed by atoms with van der Waals surface area (Å²) in [5.74, 6) is -0.807. The van der Waals surface area contributed by atoms with Crippen LogP contribution in [0.25, 0.3) is 11.1 Å². The minimum Gasteiger partial charge on any atom is -0.496 e. The average Bonchev–Trinajstić information content (AvgIpc) is 3.06. The van der Waals surface area contributed by atoms with Gasteiger partial charge in [-0.2, -0.15) is 0 Å². The first-order chi connectivity index (χ1) is 18.2. The molecule has 1 aliphatic rings. The van der Waals surface area contributed by atoms with Crippen molar-refractivity contribution in [1.82, 2.24) is 10.2 Å². The SMILES string of the molecule is CCC[C@H](C(N)=O)[C@H](CC(C)C)C(=O)NC1CCCCN(Cc2cccc(-c3ccccc3OC)c2)C1=O. The highest BCUT2D eigenvalue weighted by molar-refractivity contribution is 5.91. The molecule has 0 aliphatic carbocycles. The van der Waals surface area contributed by atoms with Gasteiger partial charge >= 0.3 is 0 Å². The van der Waals surface area contributed by atoms with Crippen molar-refractivity contribution >= 4 is 17.7 Å². The molecular weight excluding hydrogens is 478 g/mol. The van der Waals surface area contributed by atoms with Gasteiger partial charge in [0.1, 0.15) is 11.8 Å². The first-order valence-electron chi connectivity index (χ1n) is 13.9. The van der Waals surface area contributed by atoms with E-state index in [1.165, 1.54) is 0 Å². The lowest BCUT2D eigenvalue weighted by molar-refractivity contribution is -0.139. The summed E-state index contributed by atoms with van der Waals surface area (Å²) in [5, 5.41) is 3.02. The van der Waals surface area contributed by atoms with Gasteiger partial charge in [0.25, 0.3) is 0 Å². The lowest BCUT2D eigenvalue weighted by Gasteiger charge is -2.29. The Balaban J connectivity index is 1.77. The fraction of sp³-hybridized carbons (Fsp3) is 0.516. The normalized spacial score (nSPS) is 17.6. The summed E-state index contributed by atoms with van der Waals surface area (Å²) in [6, 6.07) is 15.4. The lowest BCUT2D eigenvalue weighted by Crippen LogP contribution is -2.50. The molecule has 3 rings (SSSR count). The zero-order valence-corrected chi connectivity index (χ0v) is 23.2. The van der Waals surface area contributed by atoms with E-state index in [0.717, 1.165) is 41.7 Å². The number of carbonyl (C=O) groups excluding carboxylic acids is 3. The third-order valence-electron chi connectivity index (χ3n) is 7.33. The number of hydrogen-bond acceptors (Lipinski definition) is 4. The third-order valence-corrected chi connectivity index (χ3v) is 7.33. The molecule has 0 aromatic heterocycles. The van der Waals surface area contributed by atoms with Crippen molar-refractivity contribution in [2.24, 2.45) is 23.5 Å². The molecule has 3 atom stereocenters. The summed E-state index contributed by atoms with van der Waals surface area (Å²) >= 11 is 0. The Labute approximate surface area is 227 Å². The molecular formula is C31H43N3O4. The molecule has 0 radical (unpaired) electrons. The largest absolute Gasteiger partial charge is 0.496 e. The highest BCUT2D eigenvalue weighted by Gasteiger charge is 2.35. The maximum Gasteiger partial charge on any atom is 0.245 e. The van der Waals surface area contributed by atoms with Gasteiger partial charge in [-0.3, -0.25) is 14.4 Å². The molecule has 2 aromatic rings. The minimum absolute atomic E-state index is 0.0760. The molecule has 3 amide bonds. The predicted molar refractivity (Wildman–Crippen MR) is 150 cm³/mol. The number of hydrogen-bond donors (Lipinski definition) is 2. The van der Waals surface area contributed by atoms with Crippen LogP contribution < -0.4 is 15.8 Å². The number of likely N-dealkylation sites (tertiary alicyclic amines) is 1. The highest BCUT2D eigenvalue weighted by atomic mass is 16.5. The number of amides is 3. The van der Waals surface area contributed by atoms with E-state index in [9.17, 15) is 14.4 Å². The van der Waals surface area contributed by atoms with Crippen LogP contribution in [0, 0.1) is 17.8 Å². The van der Waals surface area contributed by atoms with Gasteiger partial charge in [0.15, 0.2) is 0 Å². The van der Waals surface area contributed by atoms with Crippen LogP contribution in [-0.2, 0) is 20.9 Å². The topological polar surface area (TPSA) is 102 Å². The number of rotatable bonds is 12. The fourth-order valence-electron chi connectivity index (χ4n) is 5.43. The Morgan fingerprint density at radius 3 is 2.55 bits per heavy atom. The lowest BCUT2D eigenvalue weighted by atomic mass is 9.81. The van der Waals surface area contributed by atoms with Gasteiger partial charge < -0.3 is 20.7 Å². The second kappa shape index (κ2) is 14.0. The van der Waals surface area contributed by atoms with Crippen molar-refractivity contribution in [2.45, 2.75) is 71.9 Å². The zero-order valence-electron chi connectivity index (χ0n) is 23.2. The maximum absolute atomic E-state index is 13.6. The van der Waals surface area contributed by atoms with Crippen LogP contribution in [0.5, 0.6) is 5.75 Å². The van der Waals surface area contributed by atoms with Gasteiger partial charge in [0, 0.05) is 30.5 Å². The van der Waals surface area contributed by atoms with Crippen molar-refractivity contribution in [3.8, 4) is 16.9 Å². The summed E-state index contributed by atoms with van der Waals surface area (Å²) in [5.41, 5.74) is 8.74. The third kappa shape index (κ3) is 7.59. The molecule has 0 spiro atoms. The molecule has 206 valence electrons. The summed E-state index contributed by atoms with van der Waals surface area (Å²) in [7, 11) is 1.66.